The number of hydrogen-bond donors (Lipinski definition) is 1. The summed E-state index contributed by atoms with van der Waals surface area (Å²) in [5.41, 5.74) is 2.90. The Bertz CT molecular complexity index is 1610. The molecule has 1 atom stereocenters. The minimum Gasteiger partial charge on any atom is -0.495 e. The van der Waals surface area contributed by atoms with Crippen LogP contribution in [-0.2, 0) is 32.6 Å². The number of methoxy groups -OCH3 is 1. The second-order valence-electron chi connectivity index (χ2n) is 9.83. The SMILES string of the molecule is CNC(=O)[C@@H](Cc1ccccc1)N(Cc1cccc(C)c1)C(=O)CN(c1ccccc1OC)S(=O)(=O)c1ccccc1. The van der Waals surface area contributed by atoms with Crippen molar-refractivity contribution in [2.75, 3.05) is 25.0 Å². The van der Waals surface area contributed by atoms with Crippen LogP contribution in [-0.4, -0.2) is 51.9 Å². The maximum absolute atomic E-state index is 14.3. The predicted octanol–water partition coefficient (Wildman–Crippen LogP) is 4.59. The first kappa shape index (κ1) is 30.3. The maximum atomic E-state index is 14.3. The average Bonchev–Trinajstić information content (AvgIpc) is 3.02. The van der Waals surface area contributed by atoms with Crippen molar-refractivity contribution in [3.63, 3.8) is 0 Å². The molecule has 0 fully saturated rings. The van der Waals surface area contributed by atoms with Crippen LogP contribution in [0.2, 0.25) is 0 Å². The van der Waals surface area contributed by atoms with Gasteiger partial charge in [0.05, 0.1) is 17.7 Å². The van der Waals surface area contributed by atoms with Crippen LogP contribution in [0.3, 0.4) is 0 Å². The molecule has 218 valence electrons. The lowest BCUT2D eigenvalue weighted by Crippen LogP contribution is -2.53. The Kier molecular flexibility index (Phi) is 9.98. The normalized spacial score (nSPS) is 11.8. The van der Waals surface area contributed by atoms with Crippen molar-refractivity contribution in [2.24, 2.45) is 0 Å². The van der Waals surface area contributed by atoms with Crippen LogP contribution in [0.1, 0.15) is 16.7 Å². The number of likely N-dealkylation sites (N-methyl/N-ethyl adjacent to an activating group) is 1. The Morgan fingerprint density at radius 1 is 0.833 bits per heavy atom. The fraction of sp³-hybridized carbons (Fsp3) is 0.212. The van der Waals surface area contributed by atoms with Crippen molar-refractivity contribution in [3.8, 4) is 5.75 Å². The summed E-state index contributed by atoms with van der Waals surface area (Å²) >= 11 is 0. The third-order valence-electron chi connectivity index (χ3n) is 6.92. The molecule has 0 bridgehead atoms. The Morgan fingerprint density at radius 2 is 1.45 bits per heavy atom. The average molecular weight is 586 g/mol. The Labute approximate surface area is 247 Å². The maximum Gasteiger partial charge on any atom is 0.264 e. The van der Waals surface area contributed by atoms with Gasteiger partial charge in [-0.2, -0.15) is 0 Å². The number of carbonyl (C=O) groups excluding carboxylic acids is 2. The zero-order chi connectivity index (χ0) is 30.1. The highest BCUT2D eigenvalue weighted by Crippen LogP contribution is 2.32. The molecule has 0 unspecified atom stereocenters. The summed E-state index contributed by atoms with van der Waals surface area (Å²) in [4.78, 5) is 29.2. The van der Waals surface area contributed by atoms with Crippen molar-refractivity contribution in [2.45, 2.75) is 30.8 Å². The molecule has 4 aromatic rings. The highest BCUT2D eigenvalue weighted by molar-refractivity contribution is 7.92. The molecule has 42 heavy (non-hydrogen) atoms. The molecule has 4 aromatic carbocycles. The van der Waals surface area contributed by atoms with Gasteiger partial charge in [-0.15, -0.1) is 0 Å². The number of anilines is 1. The van der Waals surface area contributed by atoms with Gasteiger partial charge < -0.3 is 15.0 Å². The van der Waals surface area contributed by atoms with E-state index in [4.69, 9.17) is 4.74 Å². The summed E-state index contributed by atoms with van der Waals surface area (Å²) in [5, 5.41) is 2.69. The predicted molar refractivity (Wildman–Crippen MR) is 164 cm³/mol. The lowest BCUT2D eigenvalue weighted by atomic mass is 10.0. The summed E-state index contributed by atoms with van der Waals surface area (Å²) in [6, 6.07) is 30.8. The molecule has 2 amide bonds. The van der Waals surface area contributed by atoms with Gasteiger partial charge in [-0.05, 0) is 42.3 Å². The number of nitrogens with one attached hydrogen (secondary N) is 1. The highest BCUT2D eigenvalue weighted by Gasteiger charge is 2.35. The first-order valence-corrected chi connectivity index (χ1v) is 15.0. The van der Waals surface area contributed by atoms with Crippen molar-refractivity contribution in [1.82, 2.24) is 10.2 Å². The zero-order valence-electron chi connectivity index (χ0n) is 23.9. The fourth-order valence-electron chi connectivity index (χ4n) is 4.80. The molecule has 0 aliphatic carbocycles. The topological polar surface area (TPSA) is 96.0 Å². The second kappa shape index (κ2) is 13.8. The number of aryl methyl sites for hydroxylation is 1. The van der Waals surface area contributed by atoms with Crippen LogP contribution in [0.25, 0.3) is 0 Å². The van der Waals surface area contributed by atoms with Crippen molar-refractivity contribution < 1.29 is 22.7 Å². The van der Waals surface area contributed by atoms with Crippen molar-refractivity contribution in [3.05, 3.63) is 126 Å². The van der Waals surface area contributed by atoms with E-state index in [1.165, 1.54) is 31.2 Å². The summed E-state index contributed by atoms with van der Waals surface area (Å²) in [5.74, 6) is -0.594. The summed E-state index contributed by atoms with van der Waals surface area (Å²) in [6.07, 6.45) is 0.248. The van der Waals surface area contributed by atoms with Gasteiger partial charge in [-0.25, -0.2) is 8.42 Å². The molecule has 0 aromatic heterocycles. The number of nitrogens with zero attached hydrogens (tertiary/aromatic N) is 2. The van der Waals surface area contributed by atoms with E-state index in [1.54, 1.807) is 42.5 Å². The van der Waals surface area contributed by atoms with Crippen molar-refractivity contribution >= 4 is 27.5 Å². The Morgan fingerprint density at radius 3 is 2.10 bits per heavy atom. The third kappa shape index (κ3) is 7.16. The summed E-state index contributed by atoms with van der Waals surface area (Å²) in [6.45, 7) is 1.51. The molecule has 0 saturated heterocycles. The molecule has 9 heteroatoms. The zero-order valence-corrected chi connectivity index (χ0v) is 24.8. The minimum absolute atomic E-state index is 0.0288. The molecule has 0 saturated carbocycles. The number of amides is 2. The van der Waals surface area contributed by atoms with Crippen LogP contribution in [0, 0.1) is 6.92 Å². The van der Waals surface area contributed by atoms with Crippen LogP contribution in [0.5, 0.6) is 5.75 Å². The number of ether oxygens (including phenoxy) is 1. The van der Waals surface area contributed by atoms with Crippen LogP contribution in [0.15, 0.2) is 114 Å². The van der Waals surface area contributed by atoms with E-state index in [0.717, 1.165) is 21.0 Å². The molecule has 0 spiro atoms. The van der Waals surface area contributed by atoms with E-state index in [-0.39, 0.29) is 29.5 Å². The summed E-state index contributed by atoms with van der Waals surface area (Å²) in [7, 11) is -1.23. The van der Waals surface area contributed by atoms with E-state index >= 15 is 0 Å². The van der Waals surface area contributed by atoms with Crippen molar-refractivity contribution in [1.29, 1.82) is 0 Å². The van der Waals surface area contributed by atoms with Gasteiger partial charge in [-0.1, -0.05) is 90.5 Å². The van der Waals surface area contributed by atoms with E-state index in [1.807, 2.05) is 61.5 Å². The van der Waals surface area contributed by atoms with Gasteiger partial charge in [-0.3, -0.25) is 13.9 Å². The van der Waals surface area contributed by atoms with E-state index in [9.17, 15) is 18.0 Å². The number of para-hydroxylation sites is 2. The second-order valence-corrected chi connectivity index (χ2v) is 11.7. The van der Waals surface area contributed by atoms with Crippen LogP contribution in [0.4, 0.5) is 5.69 Å². The fourth-order valence-corrected chi connectivity index (χ4v) is 6.24. The first-order chi connectivity index (χ1) is 20.2. The van der Waals surface area contributed by atoms with E-state index < -0.39 is 28.5 Å². The molecule has 1 N–H and O–H groups in total. The highest BCUT2D eigenvalue weighted by atomic mass is 32.2. The number of sulfonamides is 1. The minimum atomic E-state index is -4.20. The van der Waals surface area contributed by atoms with Gasteiger partial charge in [0.1, 0.15) is 18.3 Å². The molecule has 0 aliphatic heterocycles. The Hall–Kier alpha value is -4.63. The number of hydrogen-bond acceptors (Lipinski definition) is 5. The van der Waals surface area contributed by atoms with Gasteiger partial charge in [0.25, 0.3) is 10.0 Å². The monoisotopic (exact) mass is 585 g/mol. The molecule has 0 aliphatic rings. The van der Waals surface area contributed by atoms with Crippen LogP contribution < -0.4 is 14.4 Å². The quantitative estimate of drug-likeness (QED) is 0.263. The van der Waals surface area contributed by atoms with Crippen LogP contribution >= 0.6 is 0 Å². The molecule has 0 heterocycles. The molecule has 4 rings (SSSR count). The standard InChI is InChI=1S/C33H35N3O5S/c1-25-13-12-16-27(21-25)23-35(30(33(38)34-2)22-26-14-6-4-7-15-26)32(37)24-36(29-19-10-11-20-31(29)41-3)42(39,40)28-17-8-5-9-18-28/h4-21,30H,22-24H2,1-3H3,(H,34,38)/t30-/m1/s1. The number of carbonyl (C=O) groups is 2. The van der Waals surface area contributed by atoms with E-state index in [0.29, 0.717) is 5.75 Å². The largest absolute Gasteiger partial charge is 0.495 e. The first-order valence-electron chi connectivity index (χ1n) is 13.6. The lowest BCUT2D eigenvalue weighted by Gasteiger charge is -2.34. The Balaban J connectivity index is 1.81. The van der Waals surface area contributed by atoms with Gasteiger partial charge in [0.2, 0.25) is 11.8 Å². The lowest BCUT2D eigenvalue weighted by molar-refractivity contribution is -0.139. The molecule has 0 radical (unpaired) electrons. The molecule has 8 nitrogen and oxygen atoms in total. The van der Waals surface area contributed by atoms with Gasteiger partial charge in [0.15, 0.2) is 0 Å². The number of benzene rings is 4. The van der Waals surface area contributed by atoms with Gasteiger partial charge in [0, 0.05) is 20.0 Å². The molecular weight excluding hydrogens is 550 g/mol. The van der Waals surface area contributed by atoms with Gasteiger partial charge >= 0.3 is 0 Å². The van der Waals surface area contributed by atoms with E-state index in [2.05, 4.69) is 5.32 Å². The summed E-state index contributed by atoms with van der Waals surface area (Å²) < 4.78 is 34.6. The smallest absolute Gasteiger partial charge is 0.264 e. The molecular formula is C33H35N3O5S. The third-order valence-corrected chi connectivity index (χ3v) is 8.69. The number of rotatable bonds is 12.